The van der Waals surface area contributed by atoms with Crippen LogP contribution in [0, 0.1) is 16.7 Å². The fourth-order valence-corrected chi connectivity index (χ4v) is 6.51. The maximum Gasteiger partial charge on any atom is 0.416 e. The number of halogens is 4. The van der Waals surface area contributed by atoms with Crippen LogP contribution in [0.15, 0.2) is 24.3 Å². The van der Waals surface area contributed by atoms with Crippen LogP contribution >= 0.6 is 11.6 Å². The van der Waals surface area contributed by atoms with Gasteiger partial charge in [-0.15, -0.1) is 0 Å². The molecule has 228 valence electrons. The molecule has 1 atom stereocenters. The van der Waals surface area contributed by atoms with Crippen molar-refractivity contribution in [2.45, 2.75) is 84.0 Å². The van der Waals surface area contributed by atoms with Gasteiger partial charge in [-0.1, -0.05) is 38.8 Å². The predicted molar refractivity (Wildman–Crippen MR) is 161 cm³/mol. The zero-order valence-electron chi connectivity index (χ0n) is 24.7. The number of carbonyl (C=O) groups is 1. The van der Waals surface area contributed by atoms with Gasteiger partial charge >= 0.3 is 6.18 Å². The predicted octanol–water partition coefficient (Wildman–Crippen LogP) is 7.50. The number of nitrogens with one attached hydrogen (secondary N) is 2. The van der Waals surface area contributed by atoms with Crippen LogP contribution in [0.3, 0.4) is 0 Å². The number of hydrogen-bond donors (Lipinski definition) is 2. The number of aromatic nitrogens is 1. The summed E-state index contributed by atoms with van der Waals surface area (Å²) in [5.74, 6) is 0.452. The van der Waals surface area contributed by atoms with Crippen LogP contribution in [-0.4, -0.2) is 53.0 Å². The Balaban J connectivity index is 0.00000198. The van der Waals surface area contributed by atoms with Crippen molar-refractivity contribution in [2.24, 2.45) is 5.92 Å². The highest BCUT2D eigenvalue weighted by atomic mass is 35.5. The SMILES string of the molecule is CC.C[C@H]1CCCN(Cc2cc3c(c(C(F)(F)F)c2)CN(c2cc(C4(CC(=N)N(C)C=N)CCC4)cc(Cl)n2)C3=O)C1. The van der Waals surface area contributed by atoms with Gasteiger partial charge in [0.05, 0.1) is 18.4 Å². The van der Waals surface area contributed by atoms with Crippen LogP contribution in [0.5, 0.6) is 0 Å². The van der Waals surface area contributed by atoms with Crippen molar-refractivity contribution in [3.8, 4) is 0 Å². The van der Waals surface area contributed by atoms with Crippen LogP contribution in [0.25, 0.3) is 0 Å². The van der Waals surface area contributed by atoms with Crippen molar-refractivity contribution >= 4 is 35.5 Å². The monoisotopic (exact) mass is 604 g/mol. The minimum absolute atomic E-state index is 0.0377. The van der Waals surface area contributed by atoms with Crippen molar-refractivity contribution in [1.82, 2.24) is 14.8 Å². The number of pyridine rings is 1. The number of alkyl halides is 3. The Kier molecular flexibility index (Phi) is 9.67. The molecule has 2 N–H and O–H groups in total. The number of hydrogen-bond acceptors (Lipinski definition) is 5. The lowest BCUT2D eigenvalue weighted by Crippen LogP contribution is -2.40. The summed E-state index contributed by atoms with van der Waals surface area (Å²) in [6, 6.07) is 6.25. The summed E-state index contributed by atoms with van der Waals surface area (Å²) in [4.78, 5) is 22.9. The highest BCUT2D eigenvalue weighted by Crippen LogP contribution is 2.48. The Labute approximate surface area is 251 Å². The zero-order valence-corrected chi connectivity index (χ0v) is 25.5. The molecule has 0 unspecified atom stereocenters. The third-order valence-electron chi connectivity index (χ3n) is 8.66. The third-order valence-corrected chi connectivity index (χ3v) is 8.85. The van der Waals surface area contributed by atoms with Gasteiger partial charge in [0, 0.05) is 37.5 Å². The average Bonchev–Trinajstić information content (AvgIpc) is 3.26. The van der Waals surface area contributed by atoms with Crippen LogP contribution in [-0.2, 0) is 24.7 Å². The van der Waals surface area contributed by atoms with Crippen LogP contribution in [0.1, 0.15) is 91.9 Å². The molecule has 5 rings (SSSR count). The number of anilines is 1. The van der Waals surface area contributed by atoms with Gasteiger partial charge in [-0.2, -0.15) is 13.2 Å². The quantitative estimate of drug-likeness (QED) is 0.195. The molecule has 2 aliphatic heterocycles. The lowest BCUT2D eigenvalue weighted by molar-refractivity contribution is -0.138. The second kappa shape index (κ2) is 12.7. The summed E-state index contributed by atoms with van der Waals surface area (Å²) in [7, 11) is 1.64. The molecule has 1 saturated carbocycles. The van der Waals surface area contributed by atoms with Crippen molar-refractivity contribution in [2.75, 3.05) is 25.0 Å². The first kappa shape index (κ1) is 31.9. The standard InChI is InChI=1S/C29H34ClF3N6O.C2H6/c1-18-5-3-8-38(14-18)15-19-9-21-22(23(10-19)29(31,32)33)16-39(27(21)40)26-12-20(11-24(30)36-26)28(6-4-7-28)13-25(35)37(2)17-34;1-2/h9-12,17-18,34-35H,3-8,13-16H2,1-2H3;1-2H3/t18-;/m0./s1. The molecule has 11 heteroatoms. The minimum Gasteiger partial charge on any atom is -0.325 e. The van der Waals surface area contributed by atoms with E-state index in [0.717, 1.165) is 57.1 Å². The molecule has 1 aromatic carbocycles. The van der Waals surface area contributed by atoms with E-state index in [1.54, 1.807) is 25.2 Å². The molecule has 42 heavy (non-hydrogen) atoms. The van der Waals surface area contributed by atoms with Gasteiger partial charge in [0.2, 0.25) is 0 Å². The molecule has 2 fully saturated rings. The number of amidine groups is 1. The average molecular weight is 605 g/mol. The van der Waals surface area contributed by atoms with Gasteiger partial charge in [-0.3, -0.25) is 25.4 Å². The first-order valence-electron chi connectivity index (χ1n) is 14.7. The minimum atomic E-state index is -4.60. The van der Waals surface area contributed by atoms with Gasteiger partial charge in [-0.25, -0.2) is 4.98 Å². The van der Waals surface area contributed by atoms with E-state index in [1.807, 2.05) is 13.8 Å². The first-order valence-corrected chi connectivity index (χ1v) is 15.0. The molecule has 0 radical (unpaired) electrons. The van der Waals surface area contributed by atoms with Gasteiger partial charge < -0.3 is 4.90 Å². The summed E-state index contributed by atoms with van der Waals surface area (Å²) in [5, 5.41) is 16.0. The van der Waals surface area contributed by atoms with E-state index in [4.69, 9.17) is 22.4 Å². The largest absolute Gasteiger partial charge is 0.416 e. The normalized spacial score (nSPS) is 19.9. The number of fused-ring (bicyclic) bond motifs is 1. The second-order valence-corrected chi connectivity index (χ2v) is 12.0. The highest BCUT2D eigenvalue weighted by molar-refractivity contribution is 6.29. The van der Waals surface area contributed by atoms with Gasteiger partial charge in [0.1, 0.15) is 16.8 Å². The molecular formula is C31H40ClF3N6O. The number of carbonyl (C=O) groups excluding carboxylic acids is 1. The molecule has 0 bridgehead atoms. The molecule has 7 nitrogen and oxygen atoms in total. The van der Waals surface area contributed by atoms with Crippen molar-refractivity contribution < 1.29 is 18.0 Å². The highest BCUT2D eigenvalue weighted by Gasteiger charge is 2.43. The van der Waals surface area contributed by atoms with E-state index in [2.05, 4.69) is 16.8 Å². The van der Waals surface area contributed by atoms with E-state index in [0.29, 0.717) is 24.4 Å². The number of rotatable bonds is 7. The summed E-state index contributed by atoms with van der Waals surface area (Å²) in [6.07, 6.45) is 1.53. The number of benzene rings is 1. The Morgan fingerprint density at radius 1 is 1.21 bits per heavy atom. The van der Waals surface area contributed by atoms with Gasteiger partial charge in [0.15, 0.2) is 0 Å². The molecule has 3 heterocycles. The molecule has 1 aliphatic carbocycles. The van der Waals surface area contributed by atoms with Crippen molar-refractivity contribution in [3.63, 3.8) is 0 Å². The fourth-order valence-electron chi connectivity index (χ4n) is 6.31. The summed E-state index contributed by atoms with van der Waals surface area (Å²) in [6.45, 7) is 7.92. The molecule has 0 spiro atoms. The third kappa shape index (κ3) is 6.49. The van der Waals surface area contributed by atoms with Crippen molar-refractivity contribution in [3.05, 3.63) is 57.2 Å². The van der Waals surface area contributed by atoms with Crippen LogP contribution in [0.2, 0.25) is 5.15 Å². The van der Waals surface area contributed by atoms with E-state index in [-0.39, 0.29) is 34.5 Å². The number of piperidine rings is 1. The van der Waals surface area contributed by atoms with Gasteiger partial charge in [0.25, 0.3) is 5.91 Å². The molecule has 3 aliphatic rings. The summed E-state index contributed by atoms with van der Waals surface area (Å²) in [5.41, 5.74) is 0.132. The number of likely N-dealkylation sites (tertiary alicyclic amines) is 1. The van der Waals surface area contributed by atoms with Crippen LogP contribution < -0.4 is 4.90 Å². The van der Waals surface area contributed by atoms with E-state index < -0.39 is 23.1 Å². The maximum absolute atomic E-state index is 14.3. The Morgan fingerprint density at radius 3 is 2.52 bits per heavy atom. The smallest absolute Gasteiger partial charge is 0.325 e. The molecule has 1 aromatic heterocycles. The second-order valence-electron chi connectivity index (χ2n) is 11.6. The Hall–Kier alpha value is -2.98. The van der Waals surface area contributed by atoms with E-state index in [9.17, 15) is 18.0 Å². The summed E-state index contributed by atoms with van der Waals surface area (Å²) < 4.78 is 42.8. The Bertz CT molecular complexity index is 1340. The molecule has 2 aromatic rings. The number of nitrogens with zero attached hydrogens (tertiary/aromatic N) is 4. The zero-order chi connectivity index (χ0) is 30.8. The van der Waals surface area contributed by atoms with Crippen LogP contribution in [0.4, 0.5) is 19.0 Å². The topological polar surface area (TPSA) is 87.4 Å². The maximum atomic E-state index is 14.3. The van der Waals surface area contributed by atoms with E-state index >= 15 is 0 Å². The number of amides is 1. The molecular weight excluding hydrogens is 565 g/mol. The van der Waals surface area contributed by atoms with Gasteiger partial charge in [-0.05, 0) is 79.1 Å². The molecule has 1 saturated heterocycles. The lowest BCUT2D eigenvalue weighted by atomic mass is 9.62. The first-order chi connectivity index (χ1) is 19.9. The summed E-state index contributed by atoms with van der Waals surface area (Å²) >= 11 is 6.42. The van der Waals surface area contributed by atoms with Crippen molar-refractivity contribution in [1.29, 1.82) is 10.8 Å². The lowest BCUT2D eigenvalue weighted by Gasteiger charge is -2.43. The Morgan fingerprint density at radius 2 is 1.93 bits per heavy atom. The fraction of sp³-hybridized carbons (Fsp3) is 0.548. The molecule has 1 amide bonds. The van der Waals surface area contributed by atoms with E-state index in [1.165, 1.54) is 15.9 Å².